The Bertz CT molecular complexity index is 727. The molecule has 0 spiro atoms. The fraction of sp³-hybridized carbons (Fsp3) is 0.421. The first-order valence-corrected chi connectivity index (χ1v) is 9.02. The molecule has 1 aliphatic rings. The van der Waals surface area contributed by atoms with Crippen molar-refractivity contribution in [1.29, 1.82) is 0 Å². The van der Waals surface area contributed by atoms with Crippen molar-refractivity contribution in [3.05, 3.63) is 36.7 Å². The SMILES string of the molecule is CCOc1ccccc1NC(=O)Nc1cnc(N2CCC(C)CC2)nc1. The molecule has 0 bridgehead atoms. The maximum atomic E-state index is 12.2. The van der Waals surface area contributed by atoms with E-state index >= 15 is 0 Å². The molecule has 3 rings (SSSR count). The Hall–Kier alpha value is -2.83. The largest absolute Gasteiger partial charge is 0.492 e. The number of carbonyl (C=O) groups is 1. The second kappa shape index (κ2) is 8.51. The first-order valence-electron chi connectivity index (χ1n) is 9.02. The summed E-state index contributed by atoms with van der Waals surface area (Å²) in [5.74, 6) is 2.11. The van der Waals surface area contributed by atoms with Gasteiger partial charge in [-0.15, -0.1) is 0 Å². The van der Waals surface area contributed by atoms with Crippen LogP contribution in [-0.2, 0) is 0 Å². The van der Waals surface area contributed by atoms with Crippen LogP contribution < -0.4 is 20.3 Å². The van der Waals surface area contributed by atoms with Crippen LogP contribution in [0.15, 0.2) is 36.7 Å². The van der Waals surface area contributed by atoms with Crippen LogP contribution in [0.1, 0.15) is 26.7 Å². The topological polar surface area (TPSA) is 79.4 Å². The zero-order valence-corrected chi connectivity index (χ0v) is 15.2. The third-order valence-electron chi connectivity index (χ3n) is 4.40. The van der Waals surface area contributed by atoms with E-state index in [1.807, 2.05) is 25.1 Å². The first kappa shape index (κ1) is 18.0. The predicted octanol–water partition coefficient (Wildman–Crippen LogP) is 3.76. The van der Waals surface area contributed by atoms with Gasteiger partial charge in [-0.25, -0.2) is 14.8 Å². The van der Waals surface area contributed by atoms with Crippen LogP contribution in [0.2, 0.25) is 0 Å². The molecule has 0 aliphatic carbocycles. The highest BCUT2D eigenvalue weighted by Crippen LogP contribution is 2.24. The number of anilines is 3. The van der Waals surface area contributed by atoms with Crippen molar-refractivity contribution in [2.45, 2.75) is 26.7 Å². The number of nitrogens with zero attached hydrogens (tertiary/aromatic N) is 3. The van der Waals surface area contributed by atoms with E-state index in [4.69, 9.17) is 4.74 Å². The molecule has 26 heavy (non-hydrogen) atoms. The van der Waals surface area contributed by atoms with Crippen molar-refractivity contribution in [2.75, 3.05) is 35.2 Å². The molecule has 138 valence electrons. The summed E-state index contributed by atoms with van der Waals surface area (Å²) < 4.78 is 5.51. The molecular formula is C19H25N5O2. The van der Waals surface area contributed by atoms with Gasteiger partial charge in [-0.1, -0.05) is 19.1 Å². The van der Waals surface area contributed by atoms with Gasteiger partial charge in [0.25, 0.3) is 0 Å². The van der Waals surface area contributed by atoms with Gasteiger partial charge in [-0.2, -0.15) is 0 Å². The Morgan fingerprint density at radius 3 is 2.58 bits per heavy atom. The Labute approximate surface area is 153 Å². The van der Waals surface area contributed by atoms with Gasteiger partial charge in [-0.3, -0.25) is 0 Å². The summed E-state index contributed by atoms with van der Waals surface area (Å²) in [6.45, 7) is 6.66. The van der Waals surface area contributed by atoms with E-state index in [1.165, 1.54) is 0 Å². The molecular weight excluding hydrogens is 330 g/mol. The minimum absolute atomic E-state index is 0.361. The number of aromatic nitrogens is 2. The van der Waals surface area contributed by atoms with Crippen LogP contribution in [0.5, 0.6) is 5.75 Å². The monoisotopic (exact) mass is 355 g/mol. The number of ether oxygens (including phenoxy) is 1. The first-order chi connectivity index (χ1) is 12.7. The summed E-state index contributed by atoms with van der Waals surface area (Å²) in [4.78, 5) is 23.2. The average Bonchev–Trinajstić information content (AvgIpc) is 2.65. The van der Waals surface area contributed by atoms with E-state index in [0.717, 1.165) is 31.8 Å². The maximum absolute atomic E-state index is 12.2. The molecule has 1 fully saturated rings. The Morgan fingerprint density at radius 2 is 1.88 bits per heavy atom. The molecule has 1 aliphatic heterocycles. The smallest absolute Gasteiger partial charge is 0.323 e. The molecule has 7 nitrogen and oxygen atoms in total. The molecule has 1 aromatic heterocycles. The number of hydrogen-bond acceptors (Lipinski definition) is 5. The lowest BCUT2D eigenvalue weighted by atomic mass is 10.00. The summed E-state index contributed by atoms with van der Waals surface area (Å²) in [6.07, 6.45) is 5.58. The molecule has 2 amide bonds. The number of para-hydroxylation sites is 2. The van der Waals surface area contributed by atoms with Crippen LogP contribution in [0.4, 0.5) is 22.1 Å². The third kappa shape index (κ3) is 4.62. The summed E-state index contributed by atoms with van der Waals surface area (Å²) >= 11 is 0. The number of benzene rings is 1. The number of carbonyl (C=O) groups excluding carboxylic acids is 1. The van der Waals surface area contributed by atoms with Gasteiger partial charge in [0.15, 0.2) is 0 Å². The maximum Gasteiger partial charge on any atom is 0.323 e. The number of amides is 2. The number of hydrogen-bond donors (Lipinski definition) is 2. The molecule has 2 N–H and O–H groups in total. The van der Waals surface area contributed by atoms with Crippen LogP contribution >= 0.6 is 0 Å². The van der Waals surface area contributed by atoms with Crippen LogP contribution in [-0.4, -0.2) is 35.7 Å². The number of urea groups is 1. The molecule has 2 aromatic rings. The molecule has 0 radical (unpaired) electrons. The van der Waals surface area contributed by atoms with E-state index in [1.54, 1.807) is 18.5 Å². The van der Waals surface area contributed by atoms with E-state index in [9.17, 15) is 4.79 Å². The second-order valence-electron chi connectivity index (χ2n) is 6.45. The van der Waals surface area contributed by atoms with Crippen LogP contribution in [0.3, 0.4) is 0 Å². The molecule has 1 saturated heterocycles. The molecule has 0 unspecified atom stereocenters. The minimum atomic E-state index is -0.361. The summed E-state index contributed by atoms with van der Waals surface area (Å²) in [5.41, 5.74) is 1.16. The highest BCUT2D eigenvalue weighted by atomic mass is 16.5. The lowest BCUT2D eigenvalue weighted by molar-refractivity contribution is 0.262. The van der Waals surface area contributed by atoms with Crippen molar-refractivity contribution < 1.29 is 9.53 Å². The van der Waals surface area contributed by atoms with E-state index < -0.39 is 0 Å². The number of nitrogens with one attached hydrogen (secondary N) is 2. The molecule has 2 heterocycles. The quantitative estimate of drug-likeness (QED) is 0.854. The van der Waals surface area contributed by atoms with Crippen molar-refractivity contribution in [3.8, 4) is 5.75 Å². The van der Waals surface area contributed by atoms with Crippen molar-refractivity contribution >= 4 is 23.4 Å². The van der Waals surface area contributed by atoms with E-state index in [2.05, 4.69) is 32.4 Å². The molecule has 0 saturated carbocycles. The fourth-order valence-corrected chi connectivity index (χ4v) is 2.89. The van der Waals surface area contributed by atoms with Crippen molar-refractivity contribution in [3.63, 3.8) is 0 Å². The zero-order chi connectivity index (χ0) is 18.4. The lowest BCUT2D eigenvalue weighted by Gasteiger charge is -2.30. The third-order valence-corrected chi connectivity index (χ3v) is 4.40. The fourth-order valence-electron chi connectivity index (χ4n) is 2.89. The molecule has 1 aromatic carbocycles. The zero-order valence-electron chi connectivity index (χ0n) is 15.2. The van der Waals surface area contributed by atoms with E-state index in [0.29, 0.717) is 29.7 Å². The van der Waals surface area contributed by atoms with Gasteiger partial charge < -0.3 is 20.3 Å². The van der Waals surface area contributed by atoms with Crippen LogP contribution in [0, 0.1) is 5.92 Å². The van der Waals surface area contributed by atoms with Gasteiger partial charge in [0.1, 0.15) is 5.75 Å². The van der Waals surface area contributed by atoms with Gasteiger partial charge in [0, 0.05) is 13.1 Å². The Morgan fingerprint density at radius 1 is 1.19 bits per heavy atom. The van der Waals surface area contributed by atoms with Crippen molar-refractivity contribution in [2.24, 2.45) is 5.92 Å². The highest BCUT2D eigenvalue weighted by molar-refractivity contribution is 6.00. The summed E-state index contributed by atoms with van der Waals surface area (Å²) in [7, 11) is 0. The average molecular weight is 355 g/mol. The molecule has 7 heteroatoms. The highest BCUT2D eigenvalue weighted by Gasteiger charge is 2.18. The second-order valence-corrected chi connectivity index (χ2v) is 6.45. The van der Waals surface area contributed by atoms with E-state index in [-0.39, 0.29) is 6.03 Å². The minimum Gasteiger partial charge on any atom is -0.492 e. The Kier molecular flexibility index (Phi) is 5.88. The van der Waals surface area contributed by atoms with Crippen molar-refractivity contribution in [1.82, 2.24) is 9.97 Å². The number of piperidine rings is 1. The standard InChI is InChI=1S/C19H25N5O2/c1-3-26-17-7-5-4-6-16(17)23-19(25)22-15-12-20-18(21-13-15)24-10-8-14(2)9-11-24/h4-7,12-14H,3,8-11H2,1-2H3,(H2,22,23,25). The summed E-state index contributed by atoms with van der Waals surface area (Å²) in [5, 5.41) is 5.53. The normalized spacial score (nSPS) is 14.8. The lowest BCUT2D eigenvalue weighted by Crippen LogP contribution is -2.34. The summed E-state index contributed by atoms with van der Waals surface area (Å²) in [6, 6.07) is 6.95. The number of rotatable bonds is 5. The van der Waals surface area contributed by atoms with Gasteiger partial charge in [-0.05, 0) is 37.8 Å². The van der Waals surface area contributed by atoms with Crippen LogP contribution in [0.25, 0.3) is 0 Å². The molecule has 0 atom stereocenters. The van der Waals surface area contributed by atoms with Gasteiger partial charge in [0.2, 0.25) is 5.95 Å². The van der Waals surface area contributed by atoms with Gasteiger partial charge in [0.05, 0.1) is 30.4 Å². The van der Waals surface area contributed by atoms with Gasteiger partial charge >= 0.3 is 6.03 Å². The predicted molar refractivity (Wildman–Crippen MR) is 103 cm³/mol. The Balaban J connectivity index is 1.58.